The Morgan fingerprint density at radius 3 is 2.32 bits per heavy atom. The molecule has 0 rings (SSSR count). The number of nitrogens with zero attached hydrogens (tertiary/aromatic N) is 1. The van der Waals surface area contributed by atoms with Crippen molar-refractivity contribution in [1.29, 1.82) is 0 Å². The molecule has 0 aromatic rings. The van der Waals surface area contributed by atoms with Crippen LogP contribution in [0, 0.1) is 0 Å². The Hall–Kier alpha value is -0.120. The van der Waals surface area contributed by atoms with Crippen LogP contribution >= 0.6 is 0 Å². The predicted molar refractivity (Wildman–Crippen MR) is 84.6 cm³/mol. The van der Waals surface area contributed by atoms with Crippen LogP contribution in [0.15, 0.2) is 0 Å². The van der Waals surface area contributed by atoms with Gasteiger partial charge in [-0.1, -0.05) is 46.0 Å². The third-order valence-corrected chi connectivity index (χ3v) is 4.09. The molecule has 19 heavy (non-hydrogen) atoms. The van der Waals surface area contributed by atoms with Gasteiger partial charge in [-0.25, -0.2) is 0 Å². The fourth-order valence-corrected chi connectivity index (χ4v) is 2.60. The van der Waals surface area contributed by atoms with Gasteiger partial charge in [0.1, 0.15) is 0 Å². The van der Waals surface area contributed by atoms with Crippen LogP contribution in [0.5, 0.6) is 0 Å². The summed E-state index contributed by atoms with van der Waals surface area (Å²) in [5.74, 6) is 0. The van der Waals surface area contributed by atoms with Crippen molar-refractivity contribution in [1.82, 2.24) is 4.90 Å². The number of ether oxygens (including phenoxy) is 1. The highest BCUT2D eigenvalue weighted by Gasteiger charge is 2.20. The molecule has 0 saturated carbocycles. The van der Waals surface area contributed by atoms with Crippen molar-refractivity contribution in [3.63, 3.8) is 0 Å². The maximum Gasteiger partial charge on any atom is 0.0589 e. The van der Waals surface area contributed by atoms with Gasteiger partial charge < -0.3 is 10.5 Å². The molecule has 0 fully saturated rings. The van der Waals surface area contributed by atoms with Gasteiger partial charge in [0, 0.05) is 32.3 Å². The number of rotatable bonds is 13. The summed E-state index contributed by atoms with van der Waals surface area (Å²) in [6.07, 6.45) is 9.11. The van der Waals surface area contributed by atoms with E-state index >= 15 is 0 Å². The van der Waals surface area contributed by atoms with Gasteiger partial charge in [0.15, 0.2) is 0 Å². The summed E-state index contributed by atoms with van der Waals surface area (Å²) in [5, 5.41) is 0. The van der Waals surface area contributed by atoms with E-state index in [1.807, 2.05) is 0 Å². The van der Waals surface area contributed by atoms with Gasteiger partial charge in [-0.3, -0.25) is 4.90 Å². The molecule has 0 aliphatic heterocycles. The number of unbranched alkanes of at least 4 members (excludes halogenated alkanes) is 4. The summed E-state index contributed by atoms with van der Waals surface area (Å²) in [4.78, 5) is 2.54. The molecule has 116 valence electrons. The fourth-order valence-electron chi connectivity index (χ4n) is 2.60. The number of methoxy groups -OCH3 is 1. The summed E-state index contributed by atoms with van der Waals surface area (Å²) in [6.45, 7) is 9.38. The summed E-state index contributed by atoms with van der Waals surface area (Å²) in [5.41, 5.74) is 6.00. The fraction of sp³-hybridized carbons (Fsp3) is 1.00. The molecule has 2 atom stereocenters. The molecular formula is C16H36N2O. The molecular weight excluding hydrogens is 236 g/mol. The summed E-state index contributed by atoms with van der Waals surface area (Å²) in [6, 6.07) is 1.12. The van der Waals surface area contributed by atoms with E-state index in [2.05, 4.69) is 25.7 Å². The van der Waals surface area contributed by atoms with Gasteiger partial charge in [-0.05, 0) is 19.8 Å². The molecule has 3 nitrogen and oxygen atoms in total. The van der Waals surface area contributed by atoms with Crippen LogP contribution in [0.25, 0.3) is 0 Å². The summed E-state index contributed by atoms with van der Waals surface area (Å²) in [7, 11) is 1.77. The van der Waals surface area contributed by atoms with E-state index in [0.29, 0.717) is 12.1 Å². The molecule has 2 unspecified atom stereocenters. The number of nitrogens with two attached hydrogens (primary N) is 1. The first-order valence-electron chi connectivity index (χ1n) is 8.15. The normalized spacial score (nSPS) is 14.8. The van der Waals surface area contributed by atoms with Crippen molar-refractivity contribution in [2.24, 2.45) is 5.73 Å². The first-order chi connectivity index (χ1) is 9.21. The second-order valence-corrected chi connectivity index (χ2v) is 5.58. The van der Waals surface area contributed by atoms with Crippen molar-refractivity contribution >= 4 is 0 Å². The van der Waals surface area contributed by atoms with Gasteiger partial charge in [0.25, 0.3) is 0 Å². The zero-order chi connectivity index (χ0) is 14.5. The maximum absolute atomic E-state index is 6.00. The minimum absolute atomic E-state index is 0.520. The molecule has 0 heterocycles. The van der Waals surface area contributed by atoms with E-state index in [-0.39, 0.29) is 0 Å². The molecule has 0 amide bonds. The third-order valence-electron chi connectivity index (χ3n) is 4.09. The maximum atomic E-state index is 6.00. The van der Waals surface area contributed by atoms with Gasteiger partial charge in [0.05, 0.1) is 6.61 Å². The van der Waals surface area contributed by atoms with Crippen LogP contribution in [0.4, 0.5) is 0 Å². The van der Waals surface area contributed by atoms with Gasteiger partial charge >= 0.3 is 0 Å². The van der Waals surface area contributed by atoms with E-state index in [0.717, 1.165) is 19.7 Å². The first kappa shape index (κ1) is 18.9. The smallest absolute Gasteiger partial charge is 0.0589 e. The molecule has 0 bridgehead atoms. The Morgan fingerprint density at radius 1 is 1.11 bits per heavy atom. The molecule has 0 aromatic heterocycles. The van der Waals surface area contributed by atoms with Crippen molar-refractivity contribution in [3.05, 3.63) is 0 Å². The van der Waals surface area contributed by atoms with Gasteiger partial charge in [0.2, 0.25) is 0 Å². The first-order valence-corrected chi connectivity index (χ1v) is 8.15. The molecule has 0 saturated heterocycles. The molecule has 0 aromatic carbocycles. The average Bonchev–Trinajstić information content (AvgIpc) is 2.44. The monoisotopic (exact) mass is 272 g/mol. The summed E-state index contributed by atoms with van der Waals surface area (Å²) >= 11 is 0. The van der Waals surface area contributed by atoms with Crippen LogP contribution in [-0.2, 0) is 4.74 Å². The van der Waals surface area contributed by atoms with E-state index < -0.39 is 0 Å². The van der Waals surface area contributed by atoms with Crippen LogP contribution in [0.1, 0.15) is 65.7 Å². The molecule has 3 heteroatoms. The van der Waals surface area contributed by atoms with Crippen LogP contribution in [0.2, 0.25) is 0 Å². The highest BCUT2D eigenvalue weighted by molar-refractivity contribution is 4.77. The molecule has 0 aliphatic carbocycles. The zero-order valence-corrected chi connectivity index (χ0v) is 13.7. The minimum atomic E-state index is 0.520. The lowest BCUT2D eigenvalue weighted by atomic mass is 10.0. The van der Waals surface area contributed by atoms with E-state index in [1.54, 1.807) is 7.11 Å². The van der Waals surface area contributed by atoms with Crippen LogP contribution in [-0.4, -0.2) is 43.8 Å². The Morgan fingerprint density at radius 2 is 1.79 bits per heavy atom. The lowest BCUT2D eigenvalue weighted by molar-refractivity contribution is 0.0857. The zero-order valence-electron chi connectivity index (χ0n) is 13.7. The minimum Gasteiger partial charge on any atom is -0.383 e. The Bertz CT molecular complexity index is 188. The highest BCUT2D eigenvalue weighted by Crippen LogP contribution is 2.15. The SMILES string of the molecule is CCCCCCCC(CN)N(CCOC)C(C)CC. The number of hydrogen-bond donors (Lipinski definition) is 1. The van der Waals surface area contributed by atoms with Crippen molar-refractivity contribution < 1.29 is 4.74 Å². The Labute approximate surface area is 120 Å². The Kier molecular flexibility index (Phi) is 12.8. The average molecular weight is 272 g/mol. The van der Waals surface area contributed by atoms with Gasteiger partial charge in [-0.15, -0.1) is 0 Å². The second-order valence-electron chi connectivity index (χ2n) is 5.58. The molecule has 0 aliphatic rings. The third kappa shape index (κ3) is 8.61. The molecule has 0 radical (unpaired) electrons. The second kappa shape index (κ2) is 12.9. The van der Waals surface area contributed by atoms with E-state index in [4.69, 9.17) is 10.5 Å². The molecule has 0 spiro atoms. The van der Waals surface area contributed by atoms with Crippen molar-refractivity contribution in [2.45, 2.75) is 77.8 Å². The summed E-state index contributed by atoms with van der Waals surface area (Å²) < 4.78 is 5.24. The molecule has 2 N–H and O–H groups in total. The van der Waals surface area contributed by atoms with Crippen molar-refractivity contribution in [2.75, 3.05) is 26.8 Å². The lowest BCUT2D eigenvalue weighted by Gasteiger charge is -2.35. The largest absolute Gasteiger partial charge is 0.383 e. The quantitative estimate of drug-likeness (QED) is 0.522. The van der Waals surface area contributed by atoms with Crippen LogP contribution < -0.4 is 5.73 Å². The highest BCUT2D eigenvalue weighted by atomic mass is 16.5. The number of hydrogen-bond acceptors (Lipinski definition) is 3. The van der Waals surface area contributed by atoms with Gasteiger partial charge in [-0.2, -0.15) is 0 Å². The topological polar surface area (TPSA) is 38.5 Å². The van der Waals surface area contributed by atoms with Crippen molar-refractivity contribution in [3.8, 4) is 0 Å². The standard InChI is InChI=1S/C16H36N2O/c1-5-7-8-9-10-11-16(14-17)18(12-13-19-4)15(3)6-2/h15-16H,5-14,17H2,1-4H3. The van der Waals surface area contributed by atoms with E-state index in [9.17, 15) is 0 Å². The predicted octanol–water partition coefficient (Wildman–Crippen LogP) is 3.42. The van der Waals surface area contributed by atoms with Crippen LogP contribution in [0.3, 0.4) is 0 Å². The lowest BCUT2D eigenvalue weighted by Crippen LogP contribution is -2.47. The van der Waals surface area contributed by atoms with E-state index in [1.165, 1.54) is 44.9 Å². The Balaban J connectivity index is 4.15.